The molecule has 0 spiro atoms. The van der Waals surface area contributed by atoms with Crippen LogP contribution in [0.3, 0.4) is 0 Å². The first-order chi connectivity index (χ1) is 13.0. The number of hydrogen-bond acceptors (Lipinski definition) is 4. The number of carbonyl (C=O) groups is 2. The second-order valence-electron chi connectivity index (χ2n) is 6.91. The number of nitrogens with zero attached hydrogens (tertiary/aromatic N) is 2. The van der Waals surface area contributed by atoms with Crippen molar-refractivity contribution in [1.29, 1.82) is 0 Å². The van der Waals surface area contributed by atoms with E-state index in [-0.39, 0.29) is 17.9 Å². The van der Waals surface area contributed by atoms with Crippen LogP contribution in [0.25, 0.3) is 6.08 Å². The molecule has 6 nitrogen and oxygen atoms in total. The molecule has 1 fully saturated rings. The van der Waals surface area contributed by atoms with Gasteiger partial charge in [0.05, 0.1) is 11.8 Å². The Balaban J connectivity index is 1.46. The lowest BCUT2D eigenvalue weighted by atomic mass is 10.0. The molecule has 0 radical (unpaired) electrons. The van der Waals surface area contributed by atoms with Crippen LogP contribution in [0.5, 0.6) is 0 Å². The normalized spacial score (nSPS) is 15.1. The zero-order chi connectivity index (χ0) is 19.2. The van der Waals surface area contributed by atoms with Crippen molar-refractivity contribution in [3.05, 3.63) is 60.1 Å². The van der Waals surface area contributed by atoms with Gasteiger partial charge in [-0.1, -0.05) is 12.1 Å². The minimum atomic E-state index is -0.105. The maximum atomic E-state index is 12.3. The summed E-state index contributed by atoms with van der Waals surface area (Å²) in [5.41, 5.74) is 2.67. The Morgan fingerprint density at radius 2 is 1.85 bits per heavy atom. The van der Waals surface area contributed by atoms with Gasteiger partial charge < -0.3 is 19.5 Å². The summed E-state index contributed by atoms with van der Waals surface area (Å²) in [7, 11) is 3.98. The number of likely N-dealkylation sites (tertiary alicyclic amines) is 1. The molecule has 6 heteroatoms. The zero-order valence-corrected chi connectivity index (χ0v) is 15.7. The van der Waals surface area contributed by atoms with Crippen LogP contribution < -0.4 is 10.2 Å². The average Bonchev–Trinajstić information content (AvgIpc) is 3.21. The third kappa shape index (κ3) is 5.00. The molecule has 1 aliphatic rings. The maximum Gasteiger partial charge on any atom is 0.257 e. The number of nitrogens with one attached hydrogen (secondary N) is 1. The van der Waals surface area contributed by atoms with Crippen molar-refractivity contribution in [2.24, 2.45) is 0 Å². The van der Waals surface area contributed by atoms with E-state index in [4.69, 9.17) is 4.42 Å². The molecule has 3 rings (SSSR count). The summed E-state index contributed by atoms with van der Waals surface area (Å²) in [5.74, 6) is -0.124. The molecule has 2 aromatic rings. The fourth-order valence-corrected chi connectivity index (χ4v) is 3.10. The van der Waals surface area contributed by atoms with Crippen molar-refractivity contribution < 1.29 is 14.0 Å². The number of rotatable bonds is 5. The molecule has 0 bridgehead atoms. The van der Waals surface area contributed by atoms with Crippen LogP contribution in [0.1, 0.15) is 28.8 Å². The van der Waals surface area contributed by atoms with Crippen LogP contribution in [0.4, 0.5) is 5.69 Å². The van der Waals surface area contributed by atoms with E-state index in [0.29, 0.717) is 18.7 Å². The molecule has 0 aliphatic carbocycles. The highest BCUT2D eigenvalue weighted by molar-refractivity contribution is 5.94. The molecule has 1 aromatic carbocycles. The Morgan fingerprint density at radius 1 is 1.15 bits per heavy atom. The molecular weight excluding hydrogens is 342 g/mol. The van der Waals surface area contributed by atoms with Gasteiger partial charge in [0.25, 0.3) is 5.91 Å². The summed E-state index contributed by atoms with van der Waals surface area (Å²) in [4.78, 5) is 28.3. The Hall–Kier alpha value is -3.02. The minimum Gasteiger partial charge on any atom is -0.472 e. The molecule has 2 amide bonds. The highest BCUT2D eigenvalue weighted by Crippen LogP contribution is 2.15. The van der Waals surface area contributed by atoms with Gasteiger partial charge in [0.2, 0.25) is 5.91 Å². The molecular formula is C21H25N3O3. The number of carbonyl (C=O) groups excluding carboxylic acids is 2. The monoisotopic (exact) mass is 367 g/mol. The molecule has 1 aliphatic heterocycles. The van der Waals surface area contributed by atoms with Crippen molar-refractivity contribution in [2.45, 2.75) is 18.9 Å². The molecule has 0 atom stereocenters. The summed E-state index contributed by atoms with van der Waals surface area (Å²) >= 11 is 0. The van der Waals surface area contributed by atoms with E-state index >= 15 is 0 Å². The fraction of sp³-hybridized carbons (Fsp3) is 0.333. The topological polar surface area (TPSA) is 65.8 Å². The summed E-state index contributed by atoms with van der Waals surface area (Å²) in [6, 6.07) is 9.77. The Morgan fingerprint density at radius 3 is 2.44 bits per heavy atom. The maximum absolute atomic E-state index is 12.3. The lowest BCUT2D eigenvalue weighted by Gasteiger charge is -2.32. The van der Waals surface area contributed by atoms with E-state index in [1.165, 1.54) is 12.5 Å². The van der Waals surface area contributed by atoms with E-state index in [0.717, 1.165) is 24.1 Å². The first-order valence-electron chi connectivity index (χ1n) is 9.10. The predicted octanol–water partition coefficient (Wildman–Crippen LogP) is 2.78. The van der Waals surface area contributed by atoms with Gasteiger partial charge in [-0.05, 0) is 42.7 Å². The first-order valence-corrected chi connectivity index (χ1v) is 9.10. The van der Waals surface area contributed by atoms with Crippen molar-refractivity contribution in [3.63, 3.8) is 0 Å². The van der Waals surface area contributed by atoms with Crippen LogP contribution in [0.15, 0.2) is 53.4 Å². The number of furan rings is 1. The molecule has 1 saturated heterocycles. The number of benzene rings is 1. The van der Waals surface area contributed by atoms with Gasteiger partial charge in [-0.2, -0.15) is 0 Å². The van der Waals surface area contributed by atoms with Gasteiger partial charge in [-0.15, -0.1) is 0 Å². The van der Waals surface area contributed by atoms with Gasteiger partial charge >= 0.3 is 0 Å². The molecule has 27 heavy (non-hydrogen) atoms. The number of anilines is 1. The van der Waals surface area contributed by atoms with Gasteiger partial charge in [0.1, 0.15) is 6.26 Å². The van der Waals surface area contributed by atoms with Gasteiger partial charge in [0, 0.05) is 45.0 Å². The quantitative estimate of drug-likeness (QED) is 0.826. The van der Waals surface area contributed by atoms with E-state index in [1.807, 2.05) is 49.3 Å². The Kier molecular flexibility index (Phi) is 5.96. The van der Waals surface area contributed by atoms with Gasteiger partial charge in [-0.25, -0.2) is 0 Å². The minimum absolute atomic E-state index is 0.0189. The van der Waals surface area contributed by atoms with Crippen molar-refractivity contribution in [3.8, 4) is 0 Å². The highest BCUT2D eigenvalue weighted by atomic mass is 16.3. The van der Waals surface area contributed by atoms with Crippen molar-refractivity contribution in [1.82, 2.24) is 10.2 Å². The van der Waals surface area contributed by atoms with Gasteiger partial charge in [-0.3, -0.25) is 9.59 Å². The van der Waals surface area contributed by atoms with Crippen LogP contribution in [-0.2, 0) is 4.79 Å². The fourth-order valence-electron chi connectivity index (χ4n) is 3.10. The largest absolute Gasteiger partial charge is 0.472 e. The van der Waals surface area contributed by atoms with Crippen LogP contribution in [0.2, 0.25) is 0 Å². The van der Waals surface area contributed by atoms with Crippen LogP contribution in [-0.4, -0.2) is 49.9 Å². The van der Waals surface area contributed by atoms with Crippen LogP contribution in [0, 0.1) is 0 Å². The second kappa shape index (κ2) is 8.58. The molecule has 1 aromatic heterocycles. The summed E-state index contributed by atoms with van der Waals surface area (Å²) in [5, 5.41) is 3.02. The van der Waals surface area contributed by atoms with E-state index in [9.17, 15) is 9.59 Å². The smallest absolute Gasteiger partial charge is 0.257 e. The first kappa shape index (κ1) is 18.8. The molecule has 0 saturated carbocycles. The Bertz CT molecular complexity index is 787. The number of amides is 2. The number of hydrogen-bond donors (Lipinski definition) is 1. The predicted molar refractivity (Wildman–Crippen MR) is 106 cm³/mol. The number of piperidine rings is 1. The van der Waals surface area contributed by atoms with Gasteiger partial charge in [0.15, 0.2) is 0 Å². The Labute approximate surface area is 159 Å². The van der Waals surface area contributed by atoms with Crippen LogP contribution >= 0.6 is 0 Å². The molecule has 1 N–H and O–H groups in total. The van der Waals surface area contributed by atoms with E-state index in [2.05, 4.69) is 5.32 Å². The lowest BCUT2D eigenvalue weighted by molar-refractivity contribution is -0.117. The van der Waals surface area contributed by atoms with Crippen molar-refractivity contribution >= 4 is 23.6 Å². The lowest BCUT2D eigenvalue weighted by Crippen LogP contribution is -2.46. The summed E-state index contributed by atoms with van der Waals surface area (Å²) < 4.78 is 4.97. The third-order valence-electron chi connectivity index (χ3n) is 4.73. The molecule has 142 valence electrons. The van der Waals surface area contributed by atoms with Crippen molar-refractivity contribution in [2.75, 3.05) is 32.1 Å². The summed E-state index contributed by atoms with van der Waals surface area (Å²) in [6.07, 6.45) is 7.84. The highest BCUT2D eigenvalue weighted by Gasteiger charge is 2.24. The van der Waals surface area contributed by atoms with E-state index in [1.54, 1.807) is 17.0 Å². The summed E-state index contributed by atoms with van der Waals surface area (Å²) in [6.45, 7) is 1.26. The molecule has 0 unspecified atom stereocenters. The average molecular weight is 367 g/mol. The van der Waals surface area contributed by atoms with E-state index < -0.39 is 0 Å². The standard InChI is InChI=1S/C21H25N3O3/c1-23(2)19-6-3-16(4-7-19)5-8-20(25)22-18-9-12-24(13-10-18)21(26)17-11-14-27-15-17/h3-8,11,14-15,18H,9-10,12-13H2,1-2H3,(H,22,25). The third-order valence-corrected chi connectivity index (χ3v) is 4.73. The SMILES string of the molecule is CN(C)c1ccc(C=CC(=O)NC2CCN(C(=O)c3ccoc3)CC2)cc1. The molecule has 2 heterocycles. The zero-order valence-electron chi connectivity index (χ0n) is 15.7. The second-order valence-corrected chi connectivity index (χ2v) is 6.91.